The molecular formula is C33H36BrN3O3. The number of unbranched alkanes of at least 4 members (excludes halogenated alkanes) is 1. The first kappa shape index (κ1) is 28.1. The van der Waals surface area contributed by atoms with E-state index in [1.54, 1.807) is 17.0 Å². The lowest BCUT2D eigenvalue weighted by Gasteiger charge is -2.39. The summed E-state index contributed by atoms with van der Waals surface area (Å²) in [6, 6.07) is 24.0. The Morgan fingerprint density at radius 3 is 2.35 bits per heavy atom. The van der Waals surface area contributed by atoms with Crippen LogP contribution >= 0.6 is 15.9 Å². The number of Topliss-reactive ketones (excluding diaryl/α,β-unsaturated/α-hetero) is 1. The number of likely N-dealkylation sites (tertiary alicyclic amines) is 1. The Labute approximate surface area is 244 Å². The van der Waals surface area contributed by atoms with Gasteiger partial charge in [0.05, 0.1) is 5.92 Å². The maximum atomic E-state index is 14.7. The first-order valence-electron chi connectivity index (χ1n) is 14.1. The third kappa shape index (κ3) is 4.74. The molecule has 40 heavy (non-hydrogen) atoms. The second-order valence-corrected chi connectivity index (χ2v) is 12.1. The van der Waals surface area contributed by atoms with E-state index in [2.05, 4.69) is 47.3 Å². The molecule has 0 aliphatic carbocycles. The fourth-order valence-corrected chi connectivity index (χ4v) is 6.97. The van der Waals surface area contributed by atoms with Crippen LogP contribution in [0.2, 0.25) is 0 Å². The van der Waals surface area contributed by atoms with Crippen molar-refractivity contribution in [3.63, 3.8) is 0 Å². The summed E-state index contributed by atoms with van der Waals surface area (Å²) in [6.07, 6.45) is 2.39. The lowest BCUT2D eigenvalue weighted by molar-refractivity contribution is -0.126. The fourth-order valence-electron chi connectivity index (χ4n) is 6.61. The lowest BCUT2D eigenvalue weighted by atomic mass is 9.69. The predicted molar refractivity (Wildman–Crippen MR) is 161 cm³/mol. The van der Waals surface area contributed by atoms with E-state index in [0.29, 0.717) is 29.8 Å². The van der Waals surface area contributed by atoms with E-state index in [-0.39, 0.29) is 23.6 Å². The van der Waals surface area contributed by atoms with Crippen LogP contribution in [0.1, 0.15) is 67.4 Å². The number of fused-ring (bicyclic) bond motifs is 2. The molecule has 3 aromatic carbocycles. The molecule has 1 fully saturated rings. The zero-order valence-electron chi connectivity index (χ0n) is 23.2. The van der Waals surface area contributed by atoms with Gasteiger partial charge >= 0.3 is 6.03 Å². The van der Waals surface area contributed by atoms with E-state index >= 15 is 0 Å². The normalized spacial score (nSPS) is 23.4. The van der Waals surface area contributed by atoms with Crippen LogP contribution in [0.25, 0.3) is 0 Å². The number of carbonyl (C=O) groups excluding carboxylic acids is 3. The van der Waals surface area contributed by atoms with Crippen LogP contribution in [0, 0.1) is 11.8 Å². The van der Waals surface area contributed by atoms with Gasteiger partial charge in [0.25, 0.3) is 5.91 Å². The van der Waals surface area contributed by atoms with Gasteiger partial charge in [-0.25, -0.2) is 4.79 Å². The maximum absolute atomic E-state index is 14.7. The van der Waals surface area contributed by atoms with E-state index in [1.165, 1.54) is 0 Å². The van der Waals surface area contributed by atoms with E-state index in [0.717, 1.165) is 22.9 Å². The van der Waals surface area contributed by atoms with Gasteiger partial charge in [-0.05, 0) is 42.5 Å². The monoisotopic (exact) mass is 601 g/mol. The average molecular weight is 603 g/mol. The number of hydrogen-bond acceptors (Lipinski definition) is 3. The minimum Gasteiger partial charge on any atom is -0.338 e. The van der Waals surface area contributed by atoms with E-state index in [9.17, 15) is 14.4 Å². The van der Waals surface area contributed by atoms with Gasteiger partial charge in [-0.1, -0.05) is 104 Å². The molecule has 7 heteroatoms. The number of nitrogens with one attached hydrogen (secondary N) is 2. The minimum atomic E-state index is -1.53. The van der Waals surface area contributed by atoms with Gasteiger partial charge in [0.2, 0.25) is 0 Å². The molecule has 0 aromatic heterocycles. The van der Waals surface area contributed by atoms with Crippen LogP contribution in [0.4, 0.5) is 10.5 Å². The van der Waals surface area contributed by atoms with Crippen LogP contribution in [0.3, 0.4) is 0 Å². The quantitative estimate of drug-likeness (QED) is 0.213. The molecule has 2 aliphatic rings. The van der Waals surface area contributed by atoms with Crippen molar-refractivity contribution in [2.24, 2.45) is 11.8 Å². The third-order valence-electron chi connectivity index (χ3n) is 8.19. The largest absolute Gasteiger partial charge is 0.338 e. The van der Waals surface area contributed by atoms with E-state index in [4.69, 9.17) is 0 Å². The molecule has 3 amide bonds. The molecule has 0 bridgehead atoms. The highest BCUT2D eigenvalue weighted by molar-refractivity contribution is 9.10. The zero-order valence-corrected chi connectivity index (χ0v) is 24.8. The highest BCUT2D eigenvalue weighted by Crippen LogP contribution is 2.60. The molecule has 5 rings (SSSR count). The molecule has 2 N–H and O–H groups in total. The smallest absolute Gasteiger partial charge is 0.318 e. The summed E-state index contributed by atoms with van der Waals surface area (Å²) in [7, 11) is 0. The van der Waals surface area contributed by atoms with Crippen LogP contribution in [0.5, 0.6) is 0 Å². The summed E-state index contributed by atoms with van der Waals surface area (Å²) >= 11 is 3.60. The SMILES string of the molecule is CCCCNC(=O)N1C(CC(C)C)C(c2ccccc2)C(C(=O)c2ccccc2)C12C(=O)Nc1ccc(Br)cc12. The number of urea groups is 1. The number of hydrogen-bond donors (Lipinski definition) is 2. The summed E-state index contributed by atoms with van der Waals surface area (Å²) in [6.45, 7) is 6.81. The van der Waals surface area contributed by atoms with Crippen molar-refractivity contribution in [1.29, 1.82) is 0 Å². The molecule has 208 valence electrons. The van der Waals surface area contributed by atoms with Crippen LogP contribution < -0.4 is 10.6 Å². The molecular weight excluding hydrogens is 566 g/mol. The van der Waals surface area contributed by atoms with Gasteiger partial charge in [0.15, 0.2) is 11.3 Å². The predicted octanol–water partition coefficient (Wildman–Crippen LogP) is 7.12. The molecule has 0 radical (unpaired) electrons. The molecule has 4 atom stereocenters. The lowest BCUT2D eigenvalue weighted by Crippen LogP contribution is -2.59. The highest BCUT2D eigenvalue weighted by atomic mass is 79.9. The highest BCUT2D eigenvalue weighted by Gasteiger charge is 2.70. The molecule has 4 unspecified atom stereocenters. The van der Waals surface area contributed by atoms with Crippen molar-refractivity contribution in [2.75, 3.05) is 11.9 Å². The van der Waals surface area contributed by atoms with Crippen molar-refractivity contribution < 1.29 is 14.4 Å². The second-order valence-electron chi connectivity index (χ2n) is 11.2. The number of carbonyl (C=O) groups is 3. The minimum absolute atomic E-state index is 0.143. The number of halogens is 1. The van der Waals surface area contributed by atoms with E-state index < -0.39 is 23.4 Å². The van der Waals surface area contributed by atoms with Crippen molar-refractivity contribution >= 4 is 39.3 Å². The number of anilines is 1. The summed E-state index contributed by atoms with van der Waals surface area (Å²) in [4.78, 5) is 45.2. The first-order chi connectivity index (χ1) is 19.3. The first-order valence-corrected chi connectivity index (χ1v) is 14.9. The van der Waals surface area contributed by atoms with Gasteiger partial charge in [-0.3, -0.25) is 9.59 Å². The average Bonchev–Trinajstić information content (AvgIpc) is 3.40. The Hall–Kier alpha value is -3.45. The Bertz CT molecular complexity index is 1390. The maximum Gasteiger partial charge on any atom is 0.318 e. The number of benzene rings is 3. The summed E-state index contributed by atoms with van der Waals surface area (Å²) < 4.78 is 0.781. The Morgan fingerprint density at radius 1 is 1.02 bits per heavy atom. The molecule has 0 saturated carbocycles. The van der Waals surface area contributed by atoms with Crippen LogP contribution in [-0.2, 0) is 10.3 Å². The number of nitrogens with zero attached hydrogens (tertiary/aromatic N) is 1. The summed E-state index contributed by atoms with van der Waals surface area (Å²) in [5.41, 5.74) is 1.23. The second kappa shape index (κ2) is 11.6. The molecule has 1 spiro atoms. The number of amides is 3. The van der Waals surface area contributed by atoms with Crippen molar-refractivity contribution in [2.45, 2.75) is 57.5 Å². The number of rotatable bonds is 8. The van der Waals surface area contributed by atoms with Gasteiger partial charge in [0, 0.05) is 39.8 Å². The number of ketones is 1. The van der Waals surface area contributed by atoms with Crippen LogP contribution in [-0.4, -0.2) is 35.2 Å². The third-order valence-corrected chi connectivity index (χ3v) is 8.68. The molecule has 2 aliphatic heterocycles. The van der Waals surface area contributed by atoms with E-state index in [1.807, 2.05) is 66.7 Å². The molecule has 1 saturated heterocycles. The standard InChI is InChI=1S/C33H36BrN3O3/c1-4-5-18-35-32(40)37-27(19-21(2)3)28(22-12-8-6-9-13-22)29(30(38)23-14-10-7-11-15-23)33(37)25-20-24(34)16-17-26(25)36-31(33)39/h6-17,20-21,27-29H,4-5,18-19H2,1-3H3,(H,35,40)(H,36,39). The summed E-state index contributed by atoms with van der Waals surface area (Å²) in [5, 5.41) is 6.16. The fraction of sp³-hybridized carbons (Fsp3) is 0.364. The molecule has 6 nitrogen and oxygen atoms in total. The van der Waals surface area contributed by atoms with Crippen molar-refractivity contribution in [1.82, 2.24) is 10.2 Å². The Kier molecular flexibility index (Phi) is 8.13. The zero-order chi connectivity index (χ0) is 28.4. The van der Waals surface area contributed by atoms with Gasteiger partial charge < -0.3 is 15.5 Å². The molecule has 3 aromatic rings. The summed E-state index contributed by atoms with van der Waals surface area (Å²) in [5.74, 6) is -1.50. The van der Waals surface area contributed by atoms with Crippen molar-refractivity contribution in [3.8, 4) is 0 Å². The van der Waals surface area contributed by atoms with Gasteiger partial charge in [-0.2, -0.15) is 0 Å². The van der Waals surface area contributed by atoms with Crippen molar-refractivity contribution in [3.05, 3.63) is 100 Å². The van der Waals surface area contributed by atoms with Crippen LogP contribution in [0.15, 0.2) is 83.3 Å². The van der Waals surface area contributed by atoms with Gasteiger partial charge in [0.1, 0.15) is 0 Å². The Balaban J connectivity index is 1.83. The van der Waals surface area contributed by atoms with Gasteiger partial charge in [-0.15, -0.1) is 0 Å². The topological polar surface area (TPSA) is 78.5 Å². The Morgan fingerprint density at radius 2 is 1.70 bits per heavy atom. The molecule has 2 heterocycles.